The molecule has 1 N–H and O–H groups in total. The first-order chi connectivity index (χ1) is 6.56. The lowest BCUT2D eigenvalue weighted by Gasteiger charge is -2.36. The highest BCUT2D eigenvalue weighted by Crippen LogP contribution is 2.21. The second-order valence-electron chi connectivity index (χ2n) is 4.07. The van der Waals surface area contributed by atoms with Crippen LogP contribution in [0.3, 0.4) is 0 Å². The highest BCUT2D eigenvalue weighted by molar-refractivity contribution is 6.35. The zero-order valence-corrected chi connectivity index (χ0v) is 9.04. The van der Waals surface area contributed by atoms with Gasteiger partial charge in [0.05, 0.1) is 0 Å². The molecule has 0 radical (unpaired) electrons. The van der Waals surface area contributed by atoms with Gasteiger partial charge >= 0.3 is 11.8 Å². The molecule has 1 saturated heterocycles. The number of likely N-dealkylation sites (N-methyl/N-ethyl adjacent to an activating group) is 1. The van der Waals surface area contributed by atoms with Gasteiger partial charge in [-0.1, -0.05) is 6.92 Å². The van der Waals surface area contributed by atoms with E-state index in [9.17, 15) is 9.59 Å². The zero-order chi connectivity index (χ0) is 10.7. The van der Waals surface area contributed by atoms with Crippen LogP contribution in [0.15, 0.2) is 0 Å². The molecule has 0 bridgehead atoms. The van der Waals surface area contributed by atoms with E-state index in [1.807, 2.05) is 6.92 Å². The molecule has 4 heteroatoms. The average molecular weight is 198 g/mol. The fraction of sp³-hybridized carbons (Fsp3) is 0.800. The molecule has 2 amide bonds. The predicted molar refractivity (Wildman–Crippen MR) is 53.6 cm³/mol. The third-order valence-electron chi connectivity index (χ3n) is 2.80. The molecule has 0 aliphatic carbocycles. The van der Waals surface area contributed by atoms with Crippen LogP contribution in [0.1, 0.15) is 26.7 Å². The standard InChI is InChI=1S/C10H18N2O2/c1-7-4-5-8(2)12(6-7)10(14)9(13)11-3/h7-8H,4-6H2,1-3H3,(H,11,13)/t7-,8-/m0/s1. The summed E-state index contributed by atoms with van der Waals surface area (Å²) < 4.78 is 0. The lowest BCUT2D eigenvalue weighted by Crippen LogP contribution is -2.50. The van der Waals surface area contributed by atoms with Gasteiger partial charge in [-0.05, 0) is 25.7 Å². The number of hydrogen-bond acceptors (Lipinski definition) is 2. The lowest BCUT2D eigenvalue weighted by molar-refractivity contribution is -0.148. The van der Waals surface area contributed by atoms with Crippen LogP contribution in [0.5, 0.6) is 0 Å². The summed E-state index contributed by atoms with van der Waals surface area (Å²) in [5, 5.41) is 2.37. The summed E-state index contributed by atoms with van der Waals surface area (Å²) in [6.07, 6.45) is 2.13. The molecule has 14 heavy (non-hydrogen) atoms. The number of piperidine rings is 1. The Morgan fingerprint density at radius 1 is 1.29 bits per heavy atom. The highest BCUT2D eigenvalue weighted by atomic mass is 16.2. The van der Waals surface area contributed by atoms with Crippen LogP contribution in [-0.4, -0.2) is 36.3 Å². The van der Waals surface area contributed by atoms with Crippen LogP contribution in [-0.2, 0) is 9.59 Å². The molecular weight excluding hydrogens is 180 g/mol. The van der Waals surface area contributed by atoms with Crippen LogP contribution in [0.2, 0.25) is 0 Å². The van der Waals surface area contributed by atoms with Crippen molar-refractivity contribution in [3.05, 3.63) is 0 Å². The quantitative estimate of drug-likeness (QED) is 0.572. The summed E-state index contributed by atoms with van der Waals surface area (Å²) in [5.41, 5.74) is 0. The molecule has 0 saturated carbocycles. The number of amides is 2. The summed E-state index contributed by atoms with van der Waals surface area (Å²) in [7, 11) is 1.48. The number of carbonyl (C=O) groups excluding carboxylic acids is 2. The Morgan fingerprint density at radius 3 is 2.50 bits per heavy atom. The fourth-order valence-corrected chi connectivity index (χ4v) is 1.81. The Labute approximate surface area is 84.7 Å². The smallest absolute Gasteiger partial charge is 0.312 e. The highest BCUT2D eigenvalue weighted by Gasteiger charge is 2.29. The first-order valence-electron chi connectivity index (χ1n) is 5.09. The monoisotopic (exact) mass is 198 g/mol. The molecule has 0 spiro atoms. The number of nitrogens with zero attached hydrogens (tertiary/aromatic N) is 1. The second kappa shape index (κ2) is 4.44. The third-order valence-corrected chi connectivity index (χ3v) is 2.80. The van der Waals surface area contributed by atoms with Crippen molar-refractivity contribution in [2.24, 2.45) is 5.92 Å². The molecule has 1 aliphatic heterocycles. The third kappa shape index (κ3) is 2.25. The van der Waals surface area contributed by atoms with E-state index in [2.05, 4.69) is 12.2 Å². The Hall–Kier alpha value is -1.06. The Morgan fingerprint density at radius 2 is 1.93 bits per heavy atom. The van der Waals surface area contributed by atoms with Gasteiger partial charge in [0.2, 0.25) is 0 Å². The number of hydrogen-bond donors (Lipinski definition) is 1. The Balaban J connectivity index is 2.65. The minimum atomic E-state index is -0.508. The maximum absolute atomic E-state index is 11.6. The first-order valence-corrected chi connectivity index (χ1v) is 5.09. The van der Waals surface area contributed by atoms with Crippen molar-refractivity contribution >= 4 is 11.8 Å². The molecular formula is C10H18N2O2. The van der Waals surface area contributed by atoms with Crippen molar-refractivity contribution in [3.63, 3.8) is 0 Å². The molecule has 2 atom stereocenters. The topological polar surface area (TPSA) is 49.4 Å². The van der Waals surface area contributed by atoms with Gasteiger partial charge in [-0.25, -0.2) is 0 Å². The summed E-state index contributed by atoms with van der Waals surface area (Å²) in [6.45, 7) is 4.80. The summed E-state index contributed by atoms with van der Waals surface area (Å²) in [4.78, 5) is 24.4. The summed E-state index contributed by atoms with van der Waals surface area (Å²) in [6, 6.07) is 0.191. The molecule has 0 unspecified atom stereocenters. The van der Waals surface area contributed by atoms with Gasteiger partial charge in [0.15, 0.2) is 0 Å². The Bertz CT molecular complexity index is 240. The Kier molecular flexibility index (Phi) is 3.49. The van der Waals surface area contributed by atoms with Gasteiger partial charge in [0.25, 0.3) is 0 Å². The van der Waals surface area contributed by atoms with E-state index in [0.717, 1.165) is 12.8 Å². The van der Waals surface area contributed by atoms with Crippen LogP contribution >= 0.6 is 0 Å². The zero-order valence-electron chi connectivity index (χ0n) is 9.04. The average Bonchev–Trinajstić information content (AvgIpc) is 2.19. The largest absolute Gasteiger partial charge is 0.351 e. The summed E-state index contributed by atoms with van der Waals surface area (Å²) in [5.74, 6) is -0.405. The van der Waals surface area contributed by atoms with Gasteiger partial charge in [-0.3, -0.25) is 9.59 Å². The van der Waals surface area contributed by atoms with Crippen molar-refractivity contribution in [1.29, 1.82) is 0 Å². The predicted octanol–water partition coefficient (Wildman–Crippen LogP) is 0.379. The number of nitrogens with one attached hydrogen (secondary N) is 1. The van der Waals surface area contributed by atoms with Gasteiger partial charge in [-0.2, -0.15) is 0 Å². The number of likely N-dealkylation sites (tertiary alicyclic amines) is 1. The second-order valence-corrected chi connectivity index (χ2v) is 4.07. The SMILES string of the molecule is CNC(=O)C(=O)N1C[C@@H](C)CC[C@@H]1C. The van der Waals surface area contributed by atoms with Crippen LogP contribution in [0.4, 0.5) is 0 Å². The van der Waals surface area contributed by atoms with Crippen LogP contribution < -0.4 is 5.32 Å². The van der Waals surface area contributed by atoms with Crippen molar-refractivity contribution < 1.29 is 9.59 Å². The van der Waals surface area contributed by atoms with Gasteiger partial charge < -0.3 is 10.2 Å². The molecule has 1 fully saturated rings. The molecule has 1 aliphatic rings. The number of carbonyl (C=O) groups is 2. The van der Waals surface area contributed by atoms with E-state index in [1.165, 1.54) is 7.05 Å². The molecule has 0 aromatic heterocycles. The van der Waals surface area contributed by atoms with Crippen molar-refractivity contribution in [2.45, 2.75) is 32.7 Å². The van der Waals surface area contributed by atoms with E-state index >= 15 is 0 Å². The maximum atomic E-state index is 11.6. The molecule has 1 rings (SSSR count). The molecule has 0 aromatic rings. The first kappa shape index (κ1) is 11.0. The van der Waals surface area contributed by atoms with Crippen molar-refractivity contribution in [1.82, 2.24) is 10.2 Å². The molecule has 0 aromatic carbocycles. The lowest BCUT2D eigenvalue weighted by atomic mass is 9.95. The molecule has 1 heterocycles. The normalized spacial score (nSPS) is 27.2. The van der Waals surface area contributed by atoms with E-state index in [1.54, 1.807) is 4.90 Å². The summed E-state index contributed by atoms with van der Waals surface area (Å²) >= 11 is 0. The number of rotatable bonds is 0. The van der Waals surface area contributed by atoms with Gasteiger partial charge in [0, 0.05) is 19.6 Å². The fourth-order valence-electron chi connectivity index (χ4n) is 1.81. The minimum Gasteiger partial charge on any atom is -0.351 e. The van der Waals surface area contributed by atoms with E-state index in [4.69, 9.17) is 0 Å². The van der Waals surface area contributed by atoms with Gasteiger partial charge in [-0.15, -0.1) is 0 Å². The van der Waals surface area contributed by atoms with Crippen molar-refractivity contribution in [2.75, 3.05) is 13.6 Å². The van der Waals surface area contributed by atoms with Crippen molar-refractivity contribution in [3.8, 4) is 0 Å². The maximum Gasteiger partial charge on any atom is 0.312 e. The van der Waals surface area contributed by atoms with Gasteiger partial charge in [0.1, 0.15) is 0 Å². The minimum absolute atomic E-state index is 0.191. The van der Waals surface area contributed by atoms with E-state index < -0.39 is 11.8 Å². The molecule has 80 valence electrons. The van der Waals surface area contributed by atoms with Crippen LogP contribution in [0.25, 0.3) is 0 Å². The van der Waals surface area contributed by atoms with E-state index in [0.29, 0.717) is 12.5 Å². The molecule has 4 nitrogen and oxygen atoms in total. The van der Waals surface area contributed by atoms with Crippen LogP contribution in [0, 0.1) is 5.92 Å². The van der Waals surface area contributed by atoms with E-state index in [-0.39, 0.29) is 6.04 Å².